The number of hydrogen-bond donors (Lipinski definition) is 1. The maximum absolute atomic E-state index is 10.8. The third-order valence-corrected chi connectivity index (χ3v) is 4.79. The Morgan fingerprint density at radius 2 is 2.21 bits per heavy atom. The highest BCUT2D eigenvalue weighted by Crippen LogP contribution is 2.19. The van der Waals surface area contributed by atoms with Crippen molar-refractivity contribution in [3.8, 4) is 0 Å². The van der Waals surface area contributed by atoms with Gasteiger partial charge in [0.05, 0.1) is 0 Å². The van der Waals surface area contributed by atoms with E-state index in [9.17, 15) is 4.79 Å². The maximum atomic E-state index is 10.8. The molecule has 0 aromatic carbocycles. The van der Waals surface area contributed by atoms with E-state index in [1.807, 2.05) is 23.7 Å². The van der Waals surface area contributed by atoms with Crippen LogP contribution in [0.1, 0.15) is 31.2 Å². The molecular formula is C13H16N2O2S2. The molecule has 2 aromatic heterocycles. The molecule has 6 heteroatoms. The summed E-state index contributed by atoms with van der Waals surface area (Å²) in [5, 5.41) is 10.9. The van der Waals surface area contributed by atoms with Crippen molar-refractivity contribution < 1.29 is 9.90 Å². The molecule has 2 heterocycles. The lowest BCUT2D eigenvalue weighted by Gasteiger charge is -2.19. The van der Waals surface area contributed by atoms with E-state index in [-0.39, 0.29) is 5.54 Å². The van der Waals surface area contributed by atoms with E-state index in [1.54, 1.807) is 11.3 Å². The van der Waals surface area contributed by atoms with E-state index in [1.165, 1.54) is 16.4 Å². The van der Waals surface area contributed by atoms with Gasteiger partial charge in [-0.2, -0.15) is 4.99 Å². The zero-order valence-corrected chi connectivity index (χ0v) is 12.7. The van der Waals surface area contributed by atoms with Crippen molar-refractivity contribution in [3.05, 3.63) is 38.8 Å². The summed E-state index contributed by atoms with van der Waals surface area (Å²) < 4.78 is 2.63. The van der Waals surface area contributed by atoms with Crippen LogP contribution in [-0.4, -0.2) is 15.2 Å². The fourth-order valence-corrected chi connectivity index (χ4v) is 3.34. The third kappa shape index (κ3) is 3.54. The topological polar surface area (TPSA) is 54.6 Å². The Kier molecular flexibility index (Phi) is 3.91. The molecular weight excluding hydrogens is 280 g/mol. The lowest BCUT2D eigenvalue weighted by Crippen LogP contribution is -2.18. The van der Waals surface area contributed by atoms with Gasteiger partial charge in [0.25, 0.3) is 0 Å². The number of carbonyl (C=O) groups is 1. The van der Waals surface area contributed by atoms with Gasteiger partial charge in [0.1, 0.15) is 4.67 Å². The van der Waals surface area contributed by atoms with Gasteiger partial charge in [-0.15, -0.1) is 11.3 Å². The summed E-state index contributed by atoms with van der Waals surface area (Å²) >= 11 is 3.06. The largest absolute Gasteiger partial charge is 0.463 e. The van der Waals surface area contributed by atoms with E-state index >= 15 is 0 Å². The summed E-state index contributed by atoms with van der Waals surface area (Å²) in [5.74, 6) is 0. The van der Waals surface area contributed by atoms with Crippen molar-refractivity contribution >= 4 is 29.0 Å². The van der Waals surface area contributed by atoms with Gasteiger partial charge in [-0.05, 0) is 43.8 Å². The molecule has 0 saturated heterocycles. The normalized spacial score (nSPS) is 12.9. The van der Waals surface area contributed by atoms with Crippen LogP contribution in [0.15, 0.2) is 28.7 Å². The van der Waals surface area contributed by atoms with Crippen LogP contribution in [0.4, 0.5) is 4.79 Å². The molecule has 102 valence electrons. The van der Waals surface area contributed by atoms with E-state index in [0.29, 0.717) is 4.67 Å². The molecule has 19 heavy (non-hydrogen) atoms. The average Bonchev–Trinajstić information content (AvgIpc) is 2.88. The van der Waals surface area contributed by atoms with Crippen LogP contribution >= 0.6 is 22.9 Å². The Labute approximate surface area is 119 Å². The fraction of sp³-hybridized carbons (Fsp3) is 0.385. The lowest BCUT2D eigenvalue weighted by atomic mass is 10.1. The number of aromatic nitrogens is 1. The van der Waals surface area contributed by atoms with Crippen molar-refractivity contribution in [1.82, 2.24) is 3.96 Å². The van der Waals surface area contributed by atoms with Crippen LogP contribution in [0.5, 0.6) is 0 Å². The summed E-state index contributed by atoms with van der Waals surface area (Å²) in [6.45, 7) is 6.26. The Hall–Kier alpha value is -1.40. The van der Waals surface area contributed by atoms with E-state index in [2.05, 4.69) is 29.7 Å². The summed E-state index contributed by atoms with van der Waals surface area (Å²) in [5.41, 5.74) is 0.894. The molecule has 0 aliphatic heterocycles. The van der Waals surface area contributed by atoms with E-state index < -0.39 is 6.09 Å². The van der Waals surface area contributed by atoms with Crippen molar-refractivity contribution in [2.24, 2.45) is 4.99 Å². The molecule has 0 bridgehead atoms. The van der Waals surface area contributed by atoms with Crippen LogP contribution in [0.3, 0.4) is 0 Å². The summed E-state index contributed by atoms with van der Waals surface area (Å²) in [6, 6.07) is 4.05. The Morgan fingerprint density at radius 3 is 2.74 bits per heavy atom. The summed E-state index contributed by atoms with van der Waals surface area (Å²) in [6.07, 6.45) is 1.59. The van der Waals surface area contributed by atoms with E-state index in [0.717, 1.165) is 12.0 Å². The first-order valence-corrected chi connectivity index (χ1v) is 7.54. The second-order valence-corrected chi connectivity index (χ2v) is 7.19. The van der Waals surface area contributed by atoms with Crippen molar-refractivity contribution in [2.75, 3.05) is 0 Å². The maximum Gasteiger partial charge on any atom is 0.432 e. The van der Waals surface area contributed by atoms with Crippen molar-refractivity contribution in [1.29, 1.82) is 0 Å². The summed E-state index contributed by atoms with van der Waals surface area (Å²) in [7, 11) is 0. The predicted molar refractivity (Wildman–Crippen MR) is 78.0 cm³/mol. The second-order valence-electron chi connectivity index (χ2n) is 5.20. The minimum Gasteiger partial charge on any atom is -0.463 e. The monoisotopic (exact) mass is 296 g/mol. The average molecular weight is 296 g/mol. The molecule has 4 nitrogen and oxygen atoms in total. The minimum absolute atomic E-state index is 0.0683. The van der Waals surface area contributed by atoms with Gasteiger partial charge in [-0.25, -0.2) is 4.79 Å². The highest BCUT2D eigenvalue weighted by molar-refractivity contribution is 7.10. The second kappa shape index (κ2) is 5.30. The first kappa shape index (κ1) is 14.0. The van der Waals surface area contributed by atoms with Gasteiger partial charge in [-0.3, -0.25) is 3.96 Å². The van der Waals surface area contributed by atoms with Gasteiger partial charge in [-0.1, -0.05) is 6.07 Å². The van der Waals surface area contributed by atoms with E-state index in [4.69, 9.17) is 5.11 Å². The van der Waals surface area contributed by atoms with Crippen LogP contribution in [-0.2, 0) is 12.0 Å². The van der Waals surface area contributed by atoms with Gasteiger partial charge < -0.3 is 5.11 Å². The van der Waals surface area contributed by atoms with Crippen molar-refractivity contribution in [2.45, 2.75) is 32.7 Å². The van der Waals surface area contributed by atoms with Gasteiger partial charge >= 0.3 is 6.09 Å². The Morgan fingerprint density at radius 1 is 1.47 bits per heavy atom. The Bertz CT molecular complexity index is 630. The third-order valence-electron chi connectivity index (χ3n) is 2.54. The first-order valence-electron chi connectivity index (χ1n) is 5.88. The number of rotatable bonds is 2. The number of hydrogen-bond acceptors (Lipinski definition) is 3. The zero-order valence-electron chi connectivity index (χ0n) is 11.1. The summed E-state index contributed by atoms with van der Waals surface area (Å²) in [4.78, 5) is 15.7. The number of amides is 1. The fourth-order valence-electron chi connectivity index (χ4n) is 1.61. The van der Waals surface area contributed by atoms with Crippen LogP contribution in [0.25, 0.3) is 0 Å². The lowest BCUT2D eigenvalue weighted by molar-refractivity contribution is 0.205. The molecule has 0 aliphatic rings. The molecule has 0 saturated carbocycles. The van der Waals surface area contributed by atoms with Crippen LogP contribution < -0.4 is 4.67 Å². The first-order chi connectivity index (χ1) is 8.86. The highest BCUT2D eigenvalue weighted by atomic mass is 32.1. The molecule has 0 fully saturated rings. The standard InChI is InChI=1S/C13H16N2O2S2/c1-13(2,3)15-8-9(7-10-5-4-6-18-10)11(19-15)14-12(16)17/h4-6,8H,7H2,1-3H3,(H,16,17). The number of thiophene rings is 1. The zero-order chi connectivity index (χ0) is 14.0. The molecule has 0 aliphatic carbocycles. The minimum atomic E-state index is -1.14. The Balaban J connectivity index is 2.46. The molecule has 0 radical (unpaired) electrons. The molecule has 0 spiro atoms. The molecule has 1 amide bonds. The predicted octanol–water partition coefficient (Wildman–Crippen LogP) is 3.54. The molecule has 0 atom stereocenters. The highest BCUT2D eigenvalue weighted by Gasteiger charge is 2.16. The van der Waals surface area contributed by atoms with Gasteiger partial charge in [0, 0.05) is 28.6 Å². The van der Waals surface area contributed by atoms with Gasteiger partial charge in [0.15, 0.2) is 0 Å². The molecule has 2 rings (SSSR count). The van der Waals surface area contributed by atoms with Crippen LogP contribution in [0, 0.1) is 0 Å². The SMILES string of the molecule is CC(C)(C)n1cc(Cc2cccs2)c(=NC(=O)O)s1. The van der Waals surface area contributed by atoms with Crippen molar-refractivity contribution in [3.63, 3.8) is 0 Å². The molecule has 1 N–H and O–H groups in total. The van der Waals surface area contributed by atoms with Gasteiger partial charge in [0.2, 0.25) is 0 Å². The quantitative estimate of drug-likeness (QED) is 0.921. The van der Waals surface area contributed by atoms with Crippen LogP contribution in [0.2, 0.25) is 0 Å². The smallest absolute Gasteiger partial charge is 0.432 e. The molecule has 0 unspecified atom stereocenters. The number of nitrogens with zero attached hydrogens (tertiary/aromatic N) is 2. The number of carboxylic acid groups (broad SMARTS) is 1. The molecule has 2 aromatic rings.